The summed E-state index contributed by atoms with van der Waals surface area (Å²) in [5.74, 6) is -1.16. The molecule has 0 saturated heterocycles. The van der Waals surface area contributed by atoms with Crippen LogP contribution in [0.2, 0.25) is 5.02 Å². The molecule has 0 bridgehead atoms. The Morgan fingerprint density at radius 1 is 0.968 bits per heavy atom. The van der Waals surface area contributed by atoms with Crippen molar-refractivity contribution in [1.82, 2.24) is 0 Å². The Morgan fingerprint density at radius 3 is 2.42 bits per heavy atom. The van der Waals surface area contributed by atoms with Crippen molar-refractivity contribution < 1.29 is 18.7 Å². The van der Waals surface area contributed by atoms with Crippen molar-refractivity contribution >= 4 is 40.4 Å². The summed E-state index contributed by atoms with van der Waals surface area (Å²) in [6.45, 7) is 2.29. The van der Waals surface area contributed by atoms with Gasteiger partial charge in [-0.15, -0.1) is 0 Å². The normalized spacial score (nSPS) is 13.7. The summed E-state index contributed by atoms with van der Waals surface area (Å²) in [7, 11) is 0. The molecule has 3 aromatic rings. The molecule has 0 spiro atoms. The van der Waals surface area contributed by atoms with Gasteiger partial charge in [0, 0.05) is 5.02 Å². The highest BCUT2D eigenvalue weighted by atomic mass is 35.5. The van der Waals surface area contributed by atoms with E-state index < -0.39 is 17.6 Å². The fourth-order valence-electron chi connectivity index (χ4n) is 3.37. The van der Waals surface area contributed by atoms with Crippen LogP contribution in [0.4, 0.5) is 15.8 Å². The number of para-hydroxylation sites is 2. The monoisotopic (exact) mass is 436 g/mol. The van der Waals surface area contributed by atoms with Crippen molar-refractivity contribution in [3.05, 3.63) is 94.9 Å². The number of hydrogen-bond acceptors (Lipinski definition) is 4. The molecule has 0 aromatic heterocycles. The van der Waals surface area contributed by atoms with Gasteiger partial charge in [-0.2, -0.15) is 0 Å². The lowest BCUT2D eigenvalue weighted by molar-refractivity contribution is -0.120. The lowest BCUT2D eigenvalue weighted by atomic mass is 10.0. The second-order valence-electron chi connectivity index (χ2n) is 6.74. The van der Waals surface area contributed by atoms with E-state index in [0.717, 1.165) is 11.0 Å². The smallest absolute Gasteiger partial charge is 0.282 e. The molecule has 1 heterocycles. The van der Waals surface area contributed by atoms with E-state index in [9.17, 15) is 14.0 Å². The Hall–Kier alpha value is -3.64. The van der Waals surface area contributed by atoms with Crippen LogP contribution in [-0.2, 0) is 9.59 Å². The third kappa shape index (κ3) is 4.02. The maximum atomic E-state index is 13.8. The summed E-state index contributed by atoms with van der Waals surface area (Å²) in [5, 5.41) is 3.57. The quantitative estimate of drug-likeness (QED) is 0.534. The molecule has 0 atom stereocenters. The van der Waals surface area contributed by atoms with E-state index in [2.05, 4.69) is 5.32 Å². The molecule has 4 rings (SSSR count). The predicted molar refractivity (Wildman–Crippen MR) is 118 cm³/mol. The Kier molecular flexibility index (Phi) is 5.73. The zero-order chi connectivity index (χ0) is 22.0. The number of anilines is 2. The average molecular weight is 437 g/mol. The molecular weight excluding hydrogens is 419 g/mol. The van der Waals surface area contributed by atoms with E-state index in [0.29, 0.717) is 28.6 Å². The SMILES string of the molecule is CCOc1ccccc1NC1=C(c2ccc(Cl)cc2)C(=O)N(c2cccc(F)c2)C1=O. The van der Waals surface area contributed by atoms with Gasteiger partial charge in [0.05, 0.1) is 23.6 Å². The lowest BCUT2D eigenvalue weighted by Crippen LogP contribution is -2.32. The maximum absolute atomic E-state index is 13.8. The molecule has 0 radical (unpaired) electrons. The van der Waals surface area contributed by atoms with E-state index in [4.69, 9.17) is 16.3 Å². The molecule has 2 amide bonds. The van der Waals surface area contributed by atoms with Crippen LogP contribution >= 0.6 is 11.6 Å². The minimum absolute atomic E-state index is 0.0729. The zero-order valence-electron chi connectivity index (χ0n) is 16.6. The summed E-state index contributed by atoms with van der Waals surface area (Å²) < 4.78 is 19.4. The van der Waals surface area contributed by atoms with Crippen molar-refractivity contribution in [1.29, 1.82) is 0 Å². The van der Waals surface area contributed by atoms with Gasteiger partial charge in [0.15, 0.2) is 0 Å². The van der Waals surface area contributed by atoms with E-state index in [-0.39, 0.29) is 17.0 Å². The first-order chi connectivity index (χ1) is 15.0. The van der Waals surface area contributed by atoms with Gasteiger partial charge >= 0.3 is 0 Å². The number of carbonyl (C=O) groups is 2. The van der Waals surface area contributed by atoms with Gasteiger partial charge in [-0.1, -0.05) is 41.9 Å². The molecule has 31 heavy (non-hydrogen) atoms. The van der Waals surface area contributed by atoms with Crippen molar-refractivity contribution in [3.8, 4) is 5.75 Å². The van der Waals surface area contributed by atoms with Crippen LogP contribution in [0.5, 0.6) is 5.75 Å². The summed E-state index contributed by atoms with van der Waals surface area (Å²) in [6, 6.07) is 19.1. The number of rotatable bonds is 6. The fourth-order valence-corrected chi connectivity index (χ4v) is 3.49. The number of nitrogens with one attached hydrogen (secondary N) is 1. The number of benzene rings is 3. The molecule has 0 unspecified atom stereocenters. The van der Waals surface area contributed by atoms with Gasteiger partial charge in [0.1, 0.15) is 17.3 Å². The maximum Gasteiger partial charge on any atom is 0.282 e. The highest BCUT2D eigenvalue weighted by molar-refractivity contribution is 6.46. The van der Waals surface area contributed by atoms with E-state index >= 15 is 0 Å². The minimum atomic E-state index is -0.591. The molecule has 1 aliphatic heterocycles. The molecule has 0 saturated carbocycles. The summed E-state index contributed by atoms with van der Waals surface area (Å²) in [5.41, 5.74) is 1.43. The Labute approximate surface area is 183 Å². The highest BCUT2D eigenvalue weighted by Crippen LogP contribution is 2.36. The van der Waals surface area contributed by atoms with Gasteiger partial charge in [0.25, 0.3) is 11.8 Å². The molecular formula is C24H18ClFN2O3. The first-order valence-corrected chi connectivity index (χ1v) is 10.0. The van der Waals surface area contributed by atoms with Crippen LogP contribution < -0.4 is 15.0 Å². The first kappa shape index (κ1) is 20.6. The van der Waals surface area contributed by atoms with E-state index in [1.165, 1.54) is 18.2 Å². The van der Waals surface area contributed by atoms with E-state index in [1.807, 2.05) is 13.0 Å². The van der Waals surface area contributed by atoms with Crippen LogP contribution in [0.1, 0.15) is 12.5 Å². The number of carbonyl (C=O) groups excluding carboxylic acids is 2. The standard InChI is InChI=1S/C24H18ClFN2O3/c1-2-31-20-9-4-3-8-19(20)27-22-21(15-10-12-16(25)13-11-15)23(29)28(24(22)30)18-7-5-6-17(26)14-18/h3-14,27H,2H2,1H3. The molecule has 3 aromatic carbocycles. The van der Waals surface area contributed by atoms with Gasteiger partial charge < -0.3 is 10.1 Å². The largest absolute Gasteiger partial charge is 0.492 e. The molecule has 0 aliphatic carbocycles. The molecule has 1 N–H and O–H groups in total. The van der Waals surface area contributed by atoms with Gasteiger partial charge in [-0.3, -0.25) is 9.59 Å². The van der Waals surface area contributed by atoms with Gasteiger partial charge in [-0.05, 0) is 55.0 Å². The number of imide groups is 1. The van der Waals surface area contributed by atoms with Crippen molar-refractivity contribution in [2.45, 2.75) is 6.92 Å². The van der Waals surface area contributed by atoms with Crippen LogP contribution in [0, 0.1) is 5.82 Å². The fraction of sp³-hybridized carbons (Fsp3) is 0.0833. The zero-order valence-corrected chi connectivity index (χ0v) is 17.3. The predicted octanol–water partition coefficient (Wildman–Crippen LogP) is 5.27. The number of nitrogens with zero attached hydrogens (tertiary/aromatic N) is 1. The van der Waals surface area contributed by atoms with Crippen molar-refractivity contribution in [2.24, 2.45) is 0 Å². The topological polar surface area (TPSA) is 58.6 Å². The number of halogens is 2. The van der Waals surface area contributed by atoms with Crippen molar-refractivity contribution in [3.63, 3.8) is 0 Å². The molecule has 156 valence electrons. The molecule has 0 fully saturated rings. The average Bonchev–Trinajstić information content (AvgIpc) is 3.00. The second kappa shape index (κ2) is 8.62. The van der Waals surface area contributed by atoms with Gasteiger partial charge in [0.2, 0.25) is 0 Å². The minimum Gasteiger partial charge on any atom is -0.492 e. The summed E-state index contributed by atoms with van der Waals surface area (Å²) >= 11 is 5.99. The molecule has 7 heteroatoms. The lowest BCUT2D eigenvalue weighted by Gasteiger charge is -2.16. The summed E-state index contributed by atoms with van der Waals surface area (Å²) in [4.78, 5) is 27.6. The van der Waals surface area contributed by atoms with Gasteiger partial charge in [-0.25, -0.2) is 9.29 Å². The van der Waals surface area contributed by atoms with E-state index in [1.54, 1.807) is 42.5 Å². The number of ether oxygens (including phenoxy) is 1. The third-order valence-corrected chi connectivity index (χ3v) is 4.98. The first-order valence-electron chi connectivity index (χ1n) is 9.63. The Bertz CT molecular complexity index is 1190. The van der Waals surface area contributed by atoms with Crippen LogP contribution in [0.3, 0.4) is 0 Å². The Balaban J connectivity index is 1.83. The summed E-state index contributed by atoms with van der Waals surface area (Å²) in [6.07, 6.45) is 0. The van der Waals surface area contributed by atoms with Crippen LogP contribution in [-0.4, -0.2) is 18.4 Å². The second-order valence-corrected chi connectivity index (χ2v) is 7.17. The van der Waals surface area contributed by atoms with Crippen molar-refractivity contribution in [2.75, 3.05) is 16.8 Å². The number of amides is 2. The Morgan fingerprint density at radius 2 is 1.71 bits per heavy atom. The van der Waals surface area contributed by atoms with Crippen LogP contribution in [0.25, 0.3) is 5.57 Å². The molecule has 5 nitrogen and oxygen atoms in total. The molecule has 1 aliphatic rings. The van der Waals surface area contributed by atoms with Crippen LogP contribution in [0.15, 0.2) is 78.5 Å². The highest BCUT2D eigenvalue weighted by Gasteiger charge is 2.40. The number of hydrogen-bond donors (Lipinski definition) is 1. The third-order valence-electron chi connectivity index (χ3n) is 4.73.